The van der Waals surface area contributed by atoms with Crippen molar-refractivity contribution >= 4 is 11.7 Å². The highest BCUT2D eigenvalue weighted by molar-refractivity contribution is 5.96. The van der Waals surface area contributed by atoms with E-state index >= 15 is 0 Å². The predicted octanol–water partition coefficient (Wildman–Crippen LogP) is 1.33. The Balaban J connectivity index is 2.51. The fraction of sp³-hybridized carbons (Fsp3) is 0.545. The molecule has 16 heavy (non-hydrogen) atoms. The molecule has 0 bridgehead atoms. The summed E-state index contributed by atoms with van der Waals surface area (Å²) >= 11 is 0. The fourth-order valence-electron chi connectivity index (χ4n) is 0.990. The molecule has 0 spiro atoms. The molecule has 1 aromatic rings. The highest BCUT2D eigenvalue weighted by Gasteiger charge is 2.22. The van der Waals surface area contributed by atoms with Gasteiger partial charge in [0.2, 0.25) is 0 Å². The Bertz CT molecular complexity index is 402. The molecule has 0 saturated carbocycles. The molecule has 5 nitrogen and oxygen atoms in total. The maximum atomic E-state index is 11.5. The number of aryl methyl sites for hydroxylation is 1. The Labute approximate surface area is 94.2 Å². The van der Waals surface area contributed by atoms with Gasteiger partial charge in [-0.25, -0.2) is 0 Å². The lowest BCUT2D eigenvalue weighted by atomic mass is 9.91. The number of carbonyl (C=O) groups excluding carboxylic acids is 2. The molecule has 1 rings (SSSR count). The zero-order valence-corrected chi connectivity index (χ0v) is 9.96. The number of Topliss-reactive ketones (excluding diaryl/α,β-unsaturated/α-hetero) is 1. The third kappa shape index (κ3) is 3.18. The van der Waals surface area contributed by atoms with Gasteiger partial charge in [0, 0.05) is 11.5 Å². The Morgan fingerprint density at radius 3 is 2.50 bits per heavy atom. The van der Waals surface area contributed by atoms with Gasteiger partial charge in [0.1, 0.15) is 5.76 Å². The highest BCUT2D eigenvalue weighted by atomic mass is 16.5. The standard InChI is InChI=1S/C11H16N2O3/c1-7-5-8(13-16-7)10(15)12-6-9(14)11(2,3)4/h5H,6H2,1-4H3,(H,12,15). The van der Waals surface area contributed by atoms with E-state index in [0.29, 0.717) is 5.76 Å². The van der Waals surface area contributed by atoms with E-state index in [-0.39, 0.29) is 18.0 Å². The first-order valence-corrected chi connectivity index (χ1v) is 5.05. The molecule has 0 aliphatic carbocycles. The normalized spacial score (nSPS) is 11.2. The van der Waals surface area contributed by atoms with E-state index in [1.54, 1.807) is 6.92 Å². The molecule has 0 saturated heterocycles. The first kappa shape index (κ1) is 12.4. The summed E-state index contributed by atoms with van der Waals surface area (Å²) in [5.41, 5.74) is -0.258. The Hall–Kier alpha value is -1.65. The van der Waals surface area contributed by atoms with Gasteiger partial charge in [-0.2, -0.15) is 0 Å². The van der Waals surface area contributed by atoms with Crippen molar-refractivity contribution in [1.29, 1.82) is 0 Å². The highest BCUT2D eigenvalue weighted by Crippen LogP contribution is 2.13. The van der Waals surface area contributed by atoms with Crippen LogP contribution >= 0.6 is 0 Å². The van der Waals surface area contributed by atoms with Crippen molar-refractivity contribution in [1.82, 2.24) is 10.5 Å². The van der Waals surface area contributed by atoms with Gasteiger partial charge >= 0.3 is 0 Å². The molecule has 0 atom stereocenters. The van der Waals surface area contributed by atoms with Crippen LogP contribution in [0.2, 0.25) is 0 Å². The van der Waals surface area contributed by atoms with Crippen molar-refractivity contribution in [3.05, 3.63) is 17.5 Å². The van der Waals surface area contributed by atoms with Gasteiger partial charge in [0.25, 0.3) is 5.91 Å². The summed E-state index contributed by atoms with van der Waals surface area (Å²) in [6.07, 6.45) is 0. The summed E-state index contributed by atoms with van der Waals surface area (Å²) in [5, 5.41) is 6.07. The zero-order valence-electron chi connectivity index (χ0n) is 9.96. The summed E-state index contributed by atoms with van der Waals surface area (Å²) in [6, 6.07) is 1.52. The molecule has 0 aliphatic rings. The SMILES string of the molecule is Cc1cc(C(=O)NCC(=O)C(C)(C)C)no1. The van der Waals surface area contributed by atoms with Crippen molar-refractivity contribution in [2.45, 2.75) is 27.7 Å². The first-order valence-electron chi connectivity index (χ1n) is 5.05. The zero-order chi connectivity index (χ0) is 12.3. The summed E-state index contributed by atoms with van der Waals surface area (Å²) < 4.78 is 4.76. The van der Waals surface area contributed by atoms with Gasteiger partial charge < -0.3 is 9.84 Å². The Morgan fingerprint density at radius 2 is 2.06 bits per heavy atom. The van der Waals surface area contributed by atoms with Gasteiger partial charge in [0.05, 0.1) is 6.54 Å². The van der Waals surface area contributed by atoms with E-state index in [1.165, 1.54) is 6.07 Å². The van der Waals surface area contributed by atoms with Crippen molar-refractivity contribution in [3.63, 3.8) is 0 Å². The number of nitrogens with zero attached hydrogens (tertiary/aromatic N) is 1. The lowest BCUT2D eigenvalue weighted by Gasteiger charge is -2.16. The van der Waals surface area contributed by atoms with Crippen molar-refractivity contribution in [3.8, 4) is 0 Å². The number of hydrogen-bond donors (Lipinski definition) is 1. The number of aromatic nitrogens is 1. The lowest BCUT2D eigenvalue weighted by Crippen LogP contribution is -2.35. The van der Waals surface area contributed by atoms with Gasteiger partial charge in [-0.1, -0.05) is 25.9 Å². The van der Waals surface area contributed by atoms with Crippen LogP contribution < -0.4 is 5.32 Å². The van der Waals surface area contributed by atoms with E-state index in [2.05, 4.69) is 10.5 Å². The molecular weight excluding hydrogens is 208 g/mol. The number of rotatable bonds is 3. The molecule has 1 amide bonds. The average Bonchev–Trinajstić information content (AvgIpc) is 2.59. The summed E-state index contributed by atoms with van der Waals surface area (Å²) in [4.78, 5) is 23.1. The molecule has 1 aromatic heterocycles. The van der Waals surface area contributed by atoms with Gasteiger partial charge in [-0.3, -0.25) is 9.59 Å². The summed E-state index contributed by atoms with van der Waals surface area (Å²) in [5.74, 6) is 0.141. The second-order valence-electron chi connectivity index (χ2n) is 4.68. The van der Waals surface area contributed by atoms with Gasteiger partial charge in [-0.05, 0) is 6.92 Å². The fourth-order valence-corrected chi connectivity index (χ4v) is 0.990. The van der Waals surface area contributed by atoms with Crippen LogP contribution in [0, 0.1) is 12.3 Å². The molecule has 1 heterocycles. The molecule has 5 heteroatoms. The summed E-state index contributed by atoms with van der Waals surface area (Å²) in [7, 11) is 0. The second-order valence-corrected chi connectivity index (χ2v) is 4.68. The van der Waals surface area contributed by atoms with Crippen LogP contribution in [0.4, 0.5) is 0 Å². The van der Waals surface area contributed by atoms with Crippen LogP contribution in [0.15, 0.2) is 10.6 Å². The maximum Gasteiger partial charge on any atom is 0.273 e. The smallest absolute Gasteiger partial charge is 0.273 e. The van der Waals surface area contributed by atoms with Crippen LogP contribution in [0.25, 0.3) is 0 Å². The average molecular weight is 224 g/mol. The maximum absolute atomic E-state index is 11.5. The molecule has 0 aliphatic heterocycles. The van der Waals surface area contributed by atoms with Crippen LogP contribution in [-0.2, 0) is 4.79 Å². The second kappa shape index (κ2) is 4.47. The van der Waals surface area contributed by atoms with E-state index in [9.17, 15) is 9.59 Å². The monoisotopic (exact) mass is 224 g/mol. The molecule has 0 aromatic carbocycles. The number of nitrogens with one attached hydrogen (secondary N) is 1. The minimum atomic E-state index is -0.451. The van der Waals surface area contributed by atoms with Gasteiger partial charge in [0.15, 0.2) is 11.5 Å². The van der Waals surface area contributed by atoms with E-state index in [4.69, 9.17) is 4.52 Å². The van der Waals surface area contributed by atoms with Crippen molar-refractivity contribution < 1.29 is 14.1 Å². The minimum absolute atomic E-state index is 0.00818. The van der Waals surface area contributed by atoms with Crippen LogP contribution in [0.5, 0.6) is 0 Å². The lowest BCUT2D eigenvalue weighted by molar-refractivity contribution is -0.125. The number of amides is 1. The number of hydrogen-bond acceptors (Lipinski definition) is 4. The molecule has 88 valence electrons. The minimum Gasteiger partial charge on any atom is -0.361 e. The van der Waals surface area contributed by atoms with Crippen LogP contribution in [0.3, 0.4) is 0 Å². The van der Waals surface area contributed by atoms with Crippen LogP contribution in [-0.4, -0.2) is 23.4 Å². The molecular formula is C11H16N2O3. The van der Waals surface area contributed by atoms with Gasteiger partial charge in [-0.15, -0.1) is 0 Å². The predicted molar refractivity (Wildman–Crippen MR) is 58.0 cm³/mol. The summed E-state index contributed by atoms with van der Waals surface area (Å²) in [6.45, 7) is 7.13. The molecule has 0 unspecified atom stereocenters. The van der Waals surface area contributed by atoms with Crippen LogP contribution in [0.1, 0.15) is 37.0 Å². The largest absolute Gasteiger partial charge is 0.361 e. The van der Waals surface area contributed by atoms with E-state index < -0.39 is 11.3 Å². The van der Waals surface area contributed by atoms with E-state index in [1.807, 2.05) is 20.8 Å². The molecule has 0 fully saturated rings. The van der Waals surface area contributed by atoms with Crippen molar-refractivity contribution in [2.24, 2.45) is 5.41 Å². The Kier molecular flexibility index (Phi) is 3.47. The number of carbonyl (C=O) groups is 2. The van der Waals surface area contributed by atoms with Crippen molar-refractivity contribution in [2.75, 3.05) is 6.54 Å². The molecule has 1 N–H and O–H groups in total. The third-order valence-electron chi connectivity index (χ3n) is 2.11. The Morgan fingerprint density at radius 1 is 1.44 bits per heavy atom. The van der Waals surface area contributed by atoms with E-state index in [0.717, 1.165) is 0 Å². The third-order valence-corrected chi connectivity index (χ3v) is 2.11. The quantitative estimate of drug-likeness (QED) is 0.840. The first-order chi connectivity index (χ1) is 7.30. The molecule has 0 radical (unpaired) electrons. The number of ketones is 1. The topological polar surface area (TPSA) is 72.2 Å².